The van der Waals surface area contributed by atoms with Gasteiger partial charge in [0, 0.05) is 0 Å². The van der Waals surface area contributed by atoms with E-state index in [1.54, 1.807) is 0 Å². The van der Waals surface area contributed by atoms with Crippen LogP contribution in [0.2, 0.25) is 0 Å². The van der Waals surface area contributed by atoms with Gasteiger partial charge in [-0.3, -0.25) is 0 Å². The van der Waals surface area contributed by atoms with Gasteiger partial charge in [-0.1, -0.05) is 19.8 Å². The van der Waals surface area contributed by atoms with E-state index in [9.17, 15) is 5.11 Å². The minimum atomic E-state index is 0.0220. The summed E-state index contributed by atoms with van der Waals surface area (Å²) in [6.07, 6.45) is 10.6. The molecule has 2 fully saturated rings. The van der Waals surface area contributed by atoms with E-state index in [-0.39, 0.29) is 6.10 Å². The lowest BCUT2D eigenvalue weighted by molar-refractivity contribution is 0.0780. The van der Waals surface area contributed by atoms with Crippen LogP contribution in [-0.2, 0) is 0 Å². The van der Waals surface area contributed by atoms with E-state index in [0.29, 0.717) is 0 Å². The Balaban J connectivity index is 1.78. The van der Waals surface area contributed by atoms with Gasteiger partial charge < -0.3 is 5.11 Å². The van der Waals surface area contributed by atoms with Crippen LogP contribution in [0.3, 0.4) is 0 Å². The molecule has 0 saturated heterocycles. The second-order valence-electron chi connectivity index (χ2n) is 5.59. The Kier molecular flexibility index (Phi) is 3.48. The van der Waals surface area contributed by atoms with Gasteiger partial charge >= 0.3 is 0 Å². The Hall–Kier alpha value is -0.0400. The summed E-state index contributed by atoms with van der Waals surface area (Å²) in [5.74, 6) is 2.92. The fraction of sp³-hybridized carbons (Fsp3) is 1.00. The summed E-state index contributed by atoms with van der Waals surface area (Å²) in [7, 11) is 0. The van der Waals surface area contributed by atoms with Crippen LogP contribution in [0.25, 0.3) is 0 Å². The Morgan fingerprint density at radius 1 is 0.714 bits per heavy atom. The zero-order chi connectivity index (χ0) is 9.97. The van der Waals surface area contributed by atoms with Crippen LogP contribution in [0.15, 0.2) is 0 Å². The lowest BCUT2D eigenvalue weighted by atomic mass is 9.71. The van der Waals surface area contributed by atoms with Crippen molar-refractivity contribution in [2.45, 2.75) is 64.4 Å². The summed E-state index contributed by atoms with van der Waals surface area (Å²) in [5.41, 5.74) is 0. The van der Waals surface area contributed by atoms with Gasteiger partial charge in [0.25, 0.3) is 0 Å². The average molecular weight is 196 g/mol. The maximum atomic E-state index is 9.47. The van der Waals surface area contributed by atoms with Crippen LogP contribution in [0.4, 0.5) is 0 Å². The van der Waals surface area contributed by atoms with Crippen LogP contribution in [0.1, 0.15) is 58.3 Å². The normalized spacial score (nSPS) is 45.0. The van der Waals surface area contributed by atoms with Gasteiger partial charge in [0.1, 0.15) is 0 Å². The van der Waals surface area contributed by atoms with Crippen molar-refractivity contribution in [1.29, 1.82) is 0 Å². The molecule has 2 aliphatic carbocycles. The van der Waals surface area contributed by atoms with E-state index >= 15 is 0 Å². The summed E-state index contributed by atoms with van der Waals surface area (Å²) < 4.78 is 0. The van der Waals surface area contributed by atoms with Crippen molar-refractivity contribution >= 4 is 0 Å². The van der Waals surface area contributed by atoms with Crippen molar-refractivity contribution in [3.05, 3.63) is 0 Å². The Labute approximate surface area is 87.9 Å². The second kappa shape index (κ2) is 4.65. The maximum absolute atomic E-state index is 9.47. The third-order valence-corrected chi connectivity index (χ3v) is 4.47. The van der Waals surface area contributed by atoms with Gasteiger partial charge in [0.05, 0.1) is 6.10 Å². The van der Waals surface area contributed by atoms with Crippen molar-refractivity contribution in [2.75, 3.05) is 0 Å². The quantitative estimate of drug-likeness (QED) is 0.682. The number of aliphatic hydroxyl groups is 1. The van der Waals surface area contributed by atoms with Gasteiger partial charge in [-0.05, 0) is 56.3 Å². The fourth-order valence-electron chi connectivity index (χ4n) is 3.33. The molecule has 0 unspecified atom stereocenters. The first-order valence-corrected chi connectivity index (χ1v) is 6.43. The van der Waals surface area contributed by atoms with E-state index in [1.165, 1.54) is 38.5 Å². The SMILES string of the molecule is CC1CCC([C@H]2CC[C@H](O)CC2)CC1. The molecule has 0 radical (unpaired) electrons. The van der Waals surface area contributed by atoms with Crippen LogP contribution in [0, 0.1) is 17.8 Å². The highest BCUT2D eigenvalue weighted by atomic mass is 16.3. The molecule has 0 spiro atoms. The number of hydrogen-bond acceptors (Lipinski definition) is 1. The Bertz CT molecular complexity index is 142. The standard InChI is InChI=1S/C13H24O/c1-10-2-4-11(5-3-10)12-6-8-13(14)9-7-12/h10-14H,2-9H2,1H3/t10?,11?,12-,13-. The molecule has 0 aromatic carbocycles. The third kappa shape index (κ3) is 2.50. The van der Waals surface area contributed by atoms with Crippen molar-refractivity contribution in [3.8, 4) is 0 Å². The molecular weight excluding hydrogens is 172 g/mol. The van der Waals surface area contributed by atoms with Gasteiger partial charge in [0.2, 0.25) is 0 Å². The van der Waals surface area contributed by atoms with Gasteiger partial charge in [0.15, 0.2) is 0 Å². The van der Waals surface area contributed by atoms with Crippen molar-refractivity contribution in [1.82, 2.24) is 0 Å². The molecule has 0 aromatic heterocycles. The predicted octanol–water partition coefficient (Wildman–Crippen LogP) is 3.36. The van der Waals surface area contributed by atoms with E-state index in [2.05, 4.69) is 6.92 Å². The third-order valence-electron chi connectivity index (χ3n) is 4.47. The predicted molar refractivity (Wildman–Crippen MR) is 59.1 cm³/mol. The Morgan fingerprint density at radius 3 is 1.64 bits per heavy atom. The molecular formula is C13H24O. The van der Waals surface area contributed by atoms with E-state index in [0.717, 1.165) is 30.6 Å². The van der Waals surface area contributed by atoms with Gasteiger partial charge in [-0.25, -0.2) is 0 Å². The van der Waals surface area contributed by atoms with E-state index in [4.69, 9.17) is 0 Å². The first-order valence-electron chi connectivity index (χ1n) is 6.43. The minimum Gasteiger partial charge on any atom is -0.393 e. The van der Waals surface area contributed by atoms with Crippen molar-refractivity contribution in [3.63, 3.8) is 0 Å². The van der Waals surface area contributed by atoms with Crippen LogP contribution >= 0.6 is 0 Å². The number of rotatable bonds is 1. The molecule has 0 aromatic rings. The summed E-state index contributed by atoms with van der Waals surface area (Å²) in [6.45, 7) is 2.39. The highest BCUT2D eigenvalue weighted by Crippen LogP contribution is 2.39. The molecule has 0 atom stereocenters. The fourth-order valence-corrected chi connectivity index (χ4v) is 3.33. The first kappa shape index (κ1) is 10.5. The highest BCUT2D eigenvalue weighted by Gasteiger charge is 2.29. The molecule has 1 nitrogen and oxygen atoms in total. The summed E-state index contributed by atoms with van der Waals surface area (Å²) in [5, 5.41) is 9.47. The summed E-state index contributed by atoms with van der Waals surface area (Å²) >= 11 is 0. The van der Waals surface area contributed by atoms with Crippen molar-refractivity contribution < 1.29 is 5.11 Å². The maximum Gasteiger partial charge on any atom is 0.0540 e. The van der Waals surface area contributed by atoms with E-state index in [1.807, 2.05) is 0 Å². The molecule has 0 heterocycles. The van der Waals surface area contributed by atoms with E-state index < -0.39 is 0 Å². The molecule has 2 saturated carbocycles. The molecule has 0 bridgehead atoms. The molecule has 1 N–H and O–H groups in total. The molecule has 14 heavy (non-hydrogen) atoms. The van der Waals surface area contributed by atoms with Crippen LogP contribution < -0.4 is 0 Å². The topological polar surface area (TPSA) is 20.2 Å². The molecule has 2 aliphatic rings. The molecule has 0 amide bonds. The smallest absolute Gasteiger partial charge is 0.0540 e. The largest absolute Gasteiger partial charge is 0.393 e. The number of hydrogen-bond donors (Lipinski definition) is 1. The molecule has 82 valence electrons. The monoisotopic (exact) mass is 196 g/mol. The summed E-state index contributed by atoms with van der Waals surface area (Å²) in [6, 6.07) is 0. The van der Waals surface area contributed by atoms with Crippen LogP contribution in [0.5, 0.6) is 0 Å². The minimum absolute atomic E-state index is 0.0220. The molecule has 0 aliphatic heterocycles. The second-order valence-corrected chi connectivity index (χ2v) is 5.59. The molecule has 2 rings (SSSR count). The average Bonchev–Trinajstić information content (AvgIpc) is 2.21. The molecule has 1 heteroatoms. The van der Waals surface area contributed by atoms with Gasteiger partial charge in [-0.15, -0.1) is 0 Å². The zero-order valence-corrected chi connectivity index (χ0v) is 9.41. The first-order chi connectivity index (χ1) is 6.75. The summed E-state index contributed by atoms with van der Waals surface area (Å²) in [4.78, 5) is 0. The lowest BCUT2D eigenvalue weighted by Crippen LogP contribution is -2.26. The Morgan fingerprint density at radius 2 is 1.14 bits per heavy atom. The highest BCUT2D eigenvalue weighted by molar-refractivity contribution is 4.80. The zero-order valence-electron chi connectivity index (χ0n) is 9.41. The number of aliphatic hydroxyl groups excluding tert-OH is 1. The van der Waals surface area contributed by atoms with Crippen molar-refractivity contribution in [2.24, 2.45) is 17.8 Å². The van der Waals surface area contributed by atoms with Crippen LogP contribution in [-0.4, -0.2) is 11.2 Å². The van der Waals surface area contributed by atoms with Gasteiger partial charge in [-0.2, -0.15) is 0 Å². The lowest BCUT2D eigenvalue weighted by Gasteiger charge is -2.36.